The van der Waals surface area contributed by atoms with Gasteiger partial charge in [0.1, 0.15) is 18.2 Å². The van der Waals surface area contributed by atoms with Crippen LogP contribution in [0.1, 0.15) is 0 Å². The zero-order valence-corrected chi connectivity index (χ0v) is 9.54. The summed E-state index contributed by atoms with van der Waals surface area (Å²) < 4.78 is 6.31. The summed E-state index contributed by atoms with van der Waals surface area (Å²) in [6, 6.07) is 1.87. The quantitative estimate of drug-likeness (QED) is 0.639. The van der Waals surface area contributed by atoms with Crippen molar-refractivity contribution in [3.05, 3.63) is 15.8 Å². The summed E-state index contributed by atoms with van der Waals surface area (Å²) in [5.74, 6) is 1.30. The van der Waals surface area contributed by atoms with Crippen LogP contribution in [0.5, 0.6) is 5.75 Å². The van der Waals surface area contributed by atoms with E-state index < -0.39 is 0 Å². The van der Waals surface area contributed by atoms with Gasteiger partial charge in [-0.25, -0.2) is 4.98 Å². The Balaban J connectivity index is 2.53. The van der Waals surface area contributed by atoms with Gasteiger partial charge in [-0.3, -0.25) is 0 Å². The zero-order chi connectivity index (χ0) is 9.68. The van der Waals surface area contributed by atoms with E-state index in [1.807, 2.05) is 13.1 Å². The molecule has 0 saturated heterocycles. The van der Waals surface area contributed by atoms with E-state index >= 15 is 0 Å². The third-order valence-electron chi connectivity index (χ3n) is 1.47. The van der Waals surface area contributed by atoms with Crippen molar-refractivity contribution < 1.29 is 4.74 Å². The predicted octanol–water partition coefficient (Wildman–Crippen LogP) is 0.867. The van der Waals surface area contributed by atoms with Crippen molar-refractivity contribution >= 4 is 28.4 Å². The highest BCUT2D eigenvalue weighted by atomic mass is 127. The molecule has 0 saturated carbocycles. The Morgan fingerprint density at radius 3 is 3.08 bits per heavy atom. The molecule has 0 aliphatic rings. The molecular weight excluding hydrogens is 281 g/mol. The first-order valence-corrected chi connectivity index (χ1v) is 5.00. The molecule has 1 aromatic heterocycles. The molecule has 0 unspecified atom stereocenters. The van der Waals surface area contributed by atoms with E-state index in [1.165, 1.54) is 0 Å². The number of pyridine rings is 1. The smallest absolute Gasteiger partial charge is 0.138 e. The molecule has 0 amide bonds. The maximum Gasteiger partial charge on any atom is 0.138 e. The predicted molar refractivity (Wildman–Crippen MR) is 60.8 cm³/mol. The Morgan fingerprint density at radius 1 is 1.69 bits per heavy atom. The van der Waals surface area contributed by atoms with Crippen LogP contribution in [0.2, 0.25) is 0 Å². The molecule has 72 valence electrons. The first kappa shape index (κ1) is 10.5. The van der Waals surface area contributed by atoms with Gasteiger partial charge in [0.2, 0.25) is 0 Å². The Hall–Kier alpha value is -0.560. The monoisotopic (exact) mass is 293 g/mol. The molecule has 0 spiro atoms. The molecule has 1 aromatic rings. The van der Waals surface area contributed by atoms with E-state index in [4.69, 9.17) is 10.5 Å². The summed E-state index contributed by atoms with van der Waals surface area (Å²) in [7, 11) is 1.88. The van der Waals surface area contributed by atoms with Crippen LogP contribution in [0.3, 0.4) is 0 Å². The Kier molecular flexibility index (Phi) is 4.23. The van der Waals surface area contributed by atoms with Crippen molar-refractivity contribution in [1.82, 2.24) is 10.3 Å². The number of nitrogen functional groups attached to an aromatic ring is 1. The van der Waals surface area contributed by atoms with Crippen molar-refractivity contribution in [2.45, 2.75) is 0 Å². The van der Waals surface area contributed by atoms with Crippen LogP contribution in [0.25, 0.3) is 0 Å². The lowest BCUT2D eigenvalue weighted by molar-refractivity contribution is 0.317. The Morgan fingerprint density at radius 2 is 2.46 bits per heavy atom. The van der Waals surface area contributed by atoms with E-state index in [0.29, 0.717) is 12.4 Å². The molecule has 0 atom stereocenters. The topological polar surface area (TPSA) is 60.2 Å². The molecule has 3 N–H and O–H groups in total. The molecule has 1 rings (SSSR count). The lowest BCUT2D eigenvalue weighted by Crippen LogP contribution is -2.16. The number of hydrogen-bond acceptors (Lipinski definition) is 4. The van der Waals surface area contributed by atoms with Gasteiger partial charge in [-0.15, -0.1) is 0 Å². The second-order valence-corrected chi connectivity index (χ2v) is 3.65. The van der Waals surface area contributed by atoms with E-state index in [1.54, 1.807) is 6.20 Å². The summed E-state index contributed by atoms with van der Waals surface area (Å²) >= 11 is 2.13. The number of aromatic nitrogens is 1. The first-order valence-electron chi connectivity index (χ1n) is 3.92. The van der Waals surface area contributed by atoms with Gasteiger partial charge in [0.15, 0.2) is 0 Å². The second kappa shape index (κ2) is 5.23. The van der Waals surface area contributed by atoms with Crippen molar-refractivity contribution in [2.24, 2.45) is 0 Å². The summed E-state index contributed by atoms with van der Waals surface area (Å²) in [4.78, 5) is 3.98. The van der Waals surface area contributed by atoms with Gasteiger partial charge in [0.25, 0.3) is 0 Å². The lowest BCUT2D eigenvalue weighted by atomic mass is 10.4. The van der Waals surface area contributed by atoms with E-state index in [-0.39, 0.29) is 0 Å². The molecule has 0 aliphatic carbocycles. The highest BCUT2D eigenvalue weighted by Gasteiger charge is 1.99. The third kappa shape index (κ3) is 3.35. The van der Waals surface area contributed by atoms with Crippen LogP contribution in [-0.2, 0) is 0 Å². The molecule has 4 nitrogen and oxygen atoms in total. The fourth-order valence-electron chi connectivity index (χ4n) is 0.781. The number of nitrogens with zero attached hydrogens (tertiary/aromatic N) is 1. The molecule has 0 aliphatic heterocycles. The molecule has 0 fully saturated rings. The van der Waals surface area contributed by atoms with Gasteiger partial charge >= 0.3 is 0 Å². The SMILES string of the molecule is CNCCOc1cnc(N)c(I)c1. The fraction of sp³-hybridized carbons (Fsp3) is 0.375. The number of nitrogens with one attached hydrogen (secondary N) is 1. The summed E-state index contributed by atoms with van der Waals surface area (Å²) in [5, 5.41) is 2.99. The van der Waals surface area contributed by atoms with Crippen molar-refractivity contribution in [1.29, 1.82) is 0 Å². The lowest BCUT2D eigenvalue weighted by Gasteiger charge is -2.05. The van der Waals surface area contributed by atoms with E-state index in [0.717, 1.165) is 15.9 Å². The maximum absolute atomic E-state index is 5.56. The normalized spacial score (nSPS) is 10.0. The first-order chi connectivity index (χ1) is 6.24. The number of likely N-dealkylation sites (N-methyl/N-ethyl adjacent to an activating group) is 1. The largest absolute Gasteiger partial charge is 0.491 e. The van der Waals surface area contributed by atoms with Crippen molar-refractivity contribution in [3.63, 3.8) is 0 Å². The van der Waals surface area contributed by atoms with Crippen molar-refractivity contribution in [3.8, 4) is 5.75 Å². The number of ether oxygens (including phenoxy) is 1. The Bertz CT molecular complexity index is 280. The number of rotatable bonds is 4. The minimum atomic E-state index is 0.543. The molecular formula is C8H12IN3O. The standard InChI is InChI=1S/C8H12IN3O/c1-11-2-3-13-6-4-7(9)8(10)12-5-6/h4-5,11H,2-3H2,1H3,(H2,10,12). The van der Waals surface area contributed by atoms with Crippen LogP contribution in [0, 0.1) is 3.57 Å². The molecule has 13 heavy (non-hydrogen) atoms. The highest BCUT2D eigenvalue weighted by Crippen LogP contribution is 2.17. The highest BCUT2D eigenvalue weighted by molar-refractivity contribution is 14.1. The zero-order valence-electron chi connectivity index (χ0n) is 7.38. The number of anilines is 1. The van der Waals surface area contributed by atoms with Gasteiger partial charge in [-0.05, 0) is 35.7 Å². The maximum atomic E-state index is 5.56. The van der Waals surface area contributed by atoms with E-state index in [2.05, 4.69) is 32.9 Å². The average Bonchev–Trinajstić information content (AvgIpc) is 2.12. The van der Waals surface area contributed by atoms with E-state index in [9.17, 15) is 0 Å². The van der Waals surface area contributed by atoms with Gasteiger partial charge in [-0.1, -0.05) is 0 Å². The molecule has 1 heterocycles. The van der Waals surface area contributed by atoms with Crippen LogP contribution >= 0.6 is 22.6 Å². The van der Waals surface area contributed by atoms with Gasteiger partial charge in [0, 0.05) is 6.54 Å². The summed E-state index contributed by atoms with van der Waals surface area (Å²) in [5.41, 5.74) is 5.56. The van der Waals surface area contributed by atoms with Crippen molar-refractivity contribution in [2.75, 3.05) is 25.9 Å². The molecule has 0 aromatic carbocycles. The molecule has 0 bridgehead atoms. The summed E-state index contributed by atoms with van der Waals surface area (Å²) in [6.45, 7) is 1.46. The third-order valence-corrected chi connectivity index (χ3v) is 2.33. The van der Waals surface area contributed by atoms with Gasteiger partial charge in [0.05, 0.1) is 9.77 Å². The van der Waals surface area contributed by atoms with Gasteiger partial charge in [-0.2, -0.15) is 0 Å². The second-order valence-electron chi connectivity index (χ2n) is 2.49. The minimum Gasteiger partial charge on any atom is -0.491 e. The number of hydrogen-bond donors (Lipinski definition) is 2. The van der Waals surface area contributed by atoms with Gasteiger partial charge < -0.3 is 15.8 Å². The fourth-order valence-corrected chi connectivity index (χ4v) is 1.23. The number of halogens is 1. The average molecular weight is 293 g/mol. The van der Waals surface area contributed by atoms with Crippen LogP contribution < -0.4 is 15.8 Å². The summed E-state index contributed by atoms with van der Waals surface area (Å²) in [6.07, 6.45) is 1.63. The van der Waals surface area contributed by atoms with Crippen LogP contribution in [0.4, 0.5) is 5.82 Å². The van der Waals surface area contributed by atoms with Crippen LogP contribution in [-0.4, -0.2) is 25.2 Å². The van der Waals surface area contributed by atoms with Crippen LogP contribution in [0.15, 0.2) is 12.3 Å². The Labute approximate surface area is 91.0 Å². The minimum absolute atomic E-state index is 0.543. The molecule has 5 heteroatoms. The molecule has 0 radical (unpaired) electrons. The number of nitrogens with two attached hydrogens (primary N) is 1.